The lowest BCUT2D eigenvalue weighted by Gasteiger charge is -2.31. The summed E-state index contributed by atoms with van der Waals surface area (Å²) in [5.41, 5.74) is 7.49. The second kappa shape index (κ2) is 13.0. The van der Waals surface area contributed by atoms with E-state index in [0.29, 0.717) is 0 Å². The highest BCUT2D eigenvalue weighted by molar-refractivity contribution is 7.69. The number of benzene rings is 10. The van der Waals surface area contributed by atoms with Gasteiger partial charge in [0.05, 0.1) is 0 Å². The van der Waals surface area contributed by atoms with E-state index in [0.717, 1.165) is 11.3 Å². The Morgan fingerprint density at radius 1 is 0.333 bits per heavy atom. The minimum absolute atomic E-state index is 0.757. The molecule has 1 aliphatic heterocycles. The summed E-state index contributed by atoms with van der Waals surface area (Å²) in [7, 11) is -1.96. The predicted molar refractivity (Wildman–Crippen MR) is 248 cm³/mol. The third kappa shape index (κ3) is 4.93. The number of rotatable bonds is 4. The summed E-state index contributed by atoms with van der Waals surface area (Å²) in [6.45, 7) is 0. The maximum absolute atomic E-state index is 7.18. The molecule has 1 aromatic heterocycles. The van der Waals surface area contributed by atoms with E-state index in [-0.39, 0.29) is 0 Å². The highest BCUT2D eigenvalue weighted by atomic mass is 31.1. The van der Waals surface area contributed by atoms with Crippen LogP contribution in [0.1, 0.15) is 0 Å². The zero-order chi connectivity index (χ0) is 37.5. The van der Waals surface area contributed by atoms with Gasteiger partial charge in [0.15, 0.2) is 8.15 Å². The molecule has 1 nitrogen and oxygen atoms in total. The van der Waals surface area contributed by atoms with Gasteiger partial charge in [-0.2, -0.15) is 0 Å². The molecule has 0 spiro atoms. The number of hydrogen-bond acceptors (Lipinski definition) is 1. The zero-order valence-electron chi connectivity index (χ0n) is 30.9. The molecule has 0 fully saturated rings. The minimum atomic E-state index is -1.20. The Morgan fingerprint density at radius 2 is 0.877 bits per heavy atom. The molecule has 11 aromatic rings. The normalized spacial score (nSPS) is 13.9. The van der Waals surface area contributed by atoms with Gasteiger partial charge in [-0.1, -0.05) is 196 Å². The molecule has 0 aliphatic carbocycles. The van der Waals surface area contributed by atoms with Gasteiger partial charge in [-0.3, -0.25) is 0 Å². The van der Waals surface area contributed by atoms with Gasteiger partial charge >= 0.3 is 0 Å². The molecule has 1 aliphatic rings. The molecule has 12 rings (SSSR count). The van der Waals surface area contributed by atoms with E-state index in [1.165, 1.54) is 97.1 Å². The molecule has 0 saturated carbocycles. The number of fused-ring (bicyclic) bond motifs is 11. The molecule has 266 valence electrons. The lowest BCUT2D eigenvalue weighted by molar-refractivity contribution is 0.629. The molecule has 10 aromatic carbocycles. The van der Waals surface area contributed by atoms with Crippen LogP contribution in [0.15, 0.2) is 206 Å². The lowest BCUT2D eigenvalue weighted by atomic mass is 9.83. The van der Waals surface area contributed by atoms with Crippen molar-refractivity contribution in [1.82, 2.24) is 0 Å². The van der Waals surface area contributed by atoms with E-state index in [1.54, 1.807) is 0 Å². The van der Waals surface area contributed by atoms with Gasteiger partial charge in [0.25, 0.3) is 0 Å². The third-order valence-corrected chi connectivity index (χ3v) is 16.2. The highest BCUT2D eigenvalue weighted by Crippen LogP contribution is 2.60. The van der Waals surface area contributed by atoms with Crippen molar-refractivity contribution in [2.75, 3.05) is 0 Å². The Labute approximate surface area is 333 Å². The van der Waals surface area contributed by atoms with Crippen molar-refractivity contribution in [2.24, 2.45) is 0 Å². The van der Waals surface area contributed by atoms with Crippen molar-refractivity contribution in [3.63, 3.8) is 0 Å². The Kier molecular flexibility index (Phi) is 7.49. The molecule has 0 amide bonds. The van der Waals surface area contributed by atoms with Gasteiger partial charge < -0.3 is 4.52 Å². The SMILES string of the molecule is c1ccc(-c2c3ccccc3c(-c3cc4c(c5c3ccc3c5c5ccccc5p3-c3ccccc3)-c3ccccc3OP4c3ccccc3)c3ccccc23)cc1. The van der Waals surface area contributed by atoms with Gasteiger partial charge in [-0.15, -0.1) is 0 Å². The van der Waals surface area contributed by atoms with Crippen LogP contribution < -0.4 is 15.1 Å². The third-order valence-electron chi connectivity index (χ3n) is 11.7. The lowest BCUT2D eigenvalue weighted by Crippen LogP contribution is -2.22. The van der Waals surface area contributed by atoms with Crippen LogP contribution >= 0.6 is 15.7 Å². The van der Waals surface area contributed by atoms with E-state index in [4.69, 9.17) is 4.52 Å². The average molecular weight is 761 g/mol. The van der Waals surface area contributed by atoms with Crippen molar-refractivity contribution in [1.29, 1.82) is 0 Å². The first kappa shape index (κ1) is 32.7. The molecule has 3 heteroatoms. The Balaban J connectivity index is 1.32. The van der Waals surface area contributed by atoms with E-state index in [2.05, 4.69) is 206 Å². The van der Waals surface area contributed by atoms with Crippen LogP contribution in [0, 0.1) is 0 Å². The van der Waals surface area contributed by atoms with Crippen molar-refractivity contribution in [2.45, 2.75) is 0 Å². The molecule has 0 radical (unpaired) electrons. The van der Waals surface area contributed by atoms with Crippen LogP contribution in [0.5, 0.6) is 5.75 Å². The average Bonchev–Trinajstić information content (AvgIpc) is 3.63. The van der Waals surface area contributed by atoms with Gasteiger partial charge in [-0.25, -0.2) is 0 Å². The number of hydrogen-bond donors (Lipinski definition) is 0. The van der Waals surface area contributed by atoms with Crippen molar-refractivity contribution in [3.8, 4) is 44.4 Å². The molecule has 2 unspecified atom stereocenters. The van der Waals surface area contributed by atoms with E-state index < -0.39 is 15.7 Å². The zero-order valence-corrected chi connectivity index (χ0v) is 32.7. The van der Waals surface area contributed by atoms with Gasteiger partial charge in [0, 0.05) is 37.4 Å². The van der Waals surface area contributed by atoms with Crippen LogP contribution in [-0.2, 0) is 0 Å². The molecular weight excluding hydrogens is 727 g/mol. The Hall–Kier alpha value is -6.49. The Morgan fingerprint density at radius 3 is 1.56 bits per heavy atom. The van der Waals surface area contributed by atoms with Crippen molar-refractivity contribution < 1.29 is 4.52 Å². The van der Waals surface area contributed by atoms with E-state index in [1.807, 2.05) is 0 Å². The molecule has 0 saturated heterocycles. The largest absolute Gasteiger partial charge is 0.464 e. The standard InChI is InChI=1S/C54H34OP2/c1-4-18-35(19-5-1)50-38-24-10-12-26-40(38)51(41-27-13-11-25-39(41)50)45-34-49-52(43-28-14-16-30-46(43)55-57(49)37-22-8-3-9-23-37)54-42(45)32-33-48-53(54)44-29-15-17-31-47(44)56(48)36-20-6-2-7-21-36/h1-34H. The maximum atomic E-state index is 7.18. The first-order valence-electron chi connectivity index (χ1n) is 19.5. The monoisotopic (exact) mass is 760 g/mol. The fraction of sp³-hybridized carbons (Fsp3) is 0. The summed E-state index contributed by atoms with van der Waals surface area (Å²) in [6, 6.07) is 76.3. The minimum Gasteiger partial charge on any atom is -0.464 e. The smallest absolute Gasteiger partial charge is 0.151 e. The van der Waals surface area contributed by atoms with Crippen molar-refractivity contribution >= 4 is 79.6 Å². The summed E-state index contributed by atoms with van der Waals surface area (Å²) in [5.74, 6) is 0.950. The van der Waals surface area contributed by atoms with E-state index in [9.17, 15) is 0 Å². The molecule has 0 N–H and O–H groups in total. The van der Waals surface area contributed by atoms with Crippen LogP contribution in [0.4, 0.5) is 0 Å². The summed E-state index contributed by atoms with van der Waals surface area (Å²) in [6.07, 6.45) is 0. The summed E-state index contributed by atoms with van der Waals surface area (Å²) >= 11 is 0. The summed E-state index contributed by atoms with van der Waals surface area (Å²) in [4.78, 5) is 0. The fourth-order valence-corrected chi connectivity index (χ4v) is 14.0. The quantitative estimate of drug-likeness (QED) is 0.128. The topological polar surface area (TPSA) is 9.23 Å². The highest BCUT2D eigenvalue weighted by Gasteiger charge is 2.33. The Bertz CT molecular complexity index is 3310. The van der Waals surface area contributed by atoms with Gasteiger partial charge in [0.2, 0.25) is 0 Å². The van der Waals surface area contributed by atoms with Gasteiger partial charge in [-0.05, 0) is 83.5 Å². The van der Waals surface area contributed by atoms with Crippen LogP contribution in [0.2, 0.25) is 0 Å². The molecule has 57 heavy (non-hydrogen) atoms. The first-order valence-corrected chi connectivity index (χ1v) is 22.1. The first-order chi connectivity index (χ1) is 28.3. The molecule has 2 heterocycles. The second-order valence-corrected chi connectivity index (χ2v) is 18.7. The van der Waals surface area contributed by atoms with Crippen LogP contribution in [0.25, 0.3) is 92.0 Å². The fourth-order valence-electron chi connectivity index (χ4n) is 9.44. The molecule has 2 atom stereocenters. The van der Waals surface area contributed by atoms with Gasteiger partial charge in [0.1, 0.15) is 5.75 Å². The molecule has 0 bridgehead atoms. The van der Waals surface area contributed by atoms with Crippen LogP contribution in [-0.4, -0.2) is 0 Å². The predicted octanol–water partition coefficient (Wildman–Crippen LogP) is 15.2. The van der Waals surface area contributed by atoms with Crippen LogP contribution in [0.3, 0.4) is 0 Å². The second-order valence-electron chi connectivity index (χ2n) is 14.8. The van der Waals surface area contributed by atoms with Crippen molar-refractivity contribution in [3.05, 3.63) is 206 Å². The maximum Gasteiger partial charge on any atom is 0.151 e. The summed E-state index contributed by atoms with van der Waals surface area (Å²) < 4.78 is 7.18. The summed E-state index contributed by atoms with van der Waals surface area (Å²) in [5, 5.41) is 17.0. The van der Waals surface area contributed by atoms with E-state index >= 15 is 0 Å². The number of para-hydroxylation sites is 1. The molecular formula is C54H34OP2.